The molecule has 0 spiro atoms. The third-order valence-electron chi connectivity index (χ3n) is 3.68. The van der Waals surface area contributed by atoms with Gasteiger partial charge in [-0.2, -0.15) is 4.98 Å². The number of halogens is 2. The Hall–Kier alpha value is -2.41. The Labute approximate surface area is 148 Å². The molecule has 0 saturated carbocycles. The van der Waals surface area contributed by atoms with Crippen molar-refractivity contribution in [3.8, 4) is 17.1 Å². The Morgan fingerprint density at radius 3 is 2.56 bits per heavy atom. The third-order valence-corrected chi connectivity index (χ3v) is 4.83. The van der Waals surface area contributed by atoms with Gasteiger partial charge in [0, 0.05) is 10.8 Å². The molecule has 0 aliphatic rings. The van der Waals surface area contributed by atoms with E-state index in [1.165, 1.54) is 30.0 Å². The van der Waals surface area contributed by atoms with Crippen molar-refractivity contribution in [2.24, 2.45) is 0 Å². The number of benzene rings is 2. The zero-order valence-electron chi connectivity index (χ0n) is 13.7. The molecule has 2 aromatic carbocycles. The molecule has 0 bridgehead atoms. The summed E-state index contributed by atoms with van der Waals surface area (Å²) in [6, 6.07) is 11.2. The Bertz CT molecular complexity index is 850. The average Bonchev–Trinajstić information content (AvgIpc) is 3.08. The van der Waals surface area contributed by atoms with Gasteiger partial charge < -0.3 is 9.26 Å². The fourth-order valence-electron chi connectivity index (χ4n) is 2.43. The fourth-order valence-corrected chi connectivity index (χ4v) is 3.33. The molecular formula is C18H16F2N2O2S. The second-order valence-corrected chi connectivity index (χ2v) is 6.63. The van der Waals surface area contributed by atoms with Crippen LogP contribution in [0.5, 0.6) is 5.75 Å². The molecular weight excluding hydrogens is 346 g/mol. The summed E-state index contributed by atoms with van der Waals surface area (Å²) < 4.78 is 38.2. The van der Waals surface area contributed by atoms with Crippen molar-refractivity contribution in [2.75, 3.05) is 7.11 Å². The summed E-state index contributed by atoms with van der Waals surface area (Å²) in [6.07, 6.45) is 0. The van der Waals surface area contributed by atoms with E-state index in [4.69, 9.17) is 9.26 Å². The highest BCUT2D eigenvalue weighted by molar-refractivity contribution is 7.98. The molecule has 4 nitrogen and oxygen atoms in total. The molecule has 3 rings (SSSR count). The van der Waals surface area contributed by atoms with Gasteiger partial charge >= 0.3 is 0 Å². The first kappa shape index (κ1) is 17.4. The lowest BCUT2D eigenvalue weighted by molar-refractivity contribution is 0.390. The van der Waals surface area contributed by atoms with E-state index < -0.39 is 11.6 Å². The van der Waals surface area contributed by atoms with Crippen LogP contribution in [0.25, 0.3) is 11.4 Å². The topological polar surface area (TPSA) is 48.2 Å². The van der Waals surface area contributed by atoms with Gasteiger partial charge in [-0.05, 0) is 31.2 Å². The average molecular weight is 362 g/mol. The first-order valence-electron chi connectivity index (χ1n) is 7.61. The van der Waals surface area contributed by atoms with Crippen molar-refractivity contribution in [2.45, 2.75) is 17.9 Å². The maximum atomic E-state index is 13.8. The zero-order chi connectivity index (χ0) is 17.8. The highest BCUT2D eigenvalue weighted by atomic mass is 32.2. The molecule has 0 amide bonds. The summed E-state index contributed by atoms with van der Waals surface area (Å²) in [5.74, 6) is 0.675. The van der Waals surface area contributed by atoms with E-state index in [2.05, 4.69) is 10.1 Å². The predicted octanol–water partition coefficient (Wildman–Crippen LogP) is 5.02. The maximum Gasteiger partial charge on any atom is 0.236 e. The van der Waals surface area contributed by atoms with E-state index in [1.807, 2.05) is 24.3 Å². The van der Waals surface area contributed by atoms with Gasteiger partial charge in [0.25, 0.3) is 0 Å². The van der Waals surface area contributed by atoms with Crippen LogP contribution in [0.2, 0.25) is 0 Å². The molecule has 0 fully saturated rings. The summed E-state index contributed by atoms with van der Waals surface area (Å²) in [5.41, 5.74) is 0.773. The first-order valence-corrected chi connectivity index (χ1v) is 8.66. The van der Waals surface area contributed by atoms with Crippen LogP contribution in [-0.4, -0.2) is 17.3 Å². The molecule has 1 aromatic heterocycles. The van der Waals surface area contributed by atoms with Gasteiger partial charge in [-0.25, -0.2) is 8.78 Å². The lowest BCUT2D eigenvalue weighted by Crippen LogP contribution is -1.98. The molecule has 3 aromatic rings. The number of hydrogen-bond acceptors (Lipinski definition) is 5. The zero-order valence-corrected chi connectivity index (χ0v) is 14.5. The Kier molecular flexibility index (Phi) is 5.33. The minimum Gasteiger partial charge on any atom is -0.496 e. The summed E-state index contributed by atoms with van der Waals surface area (Å²) in [5, 5.41) is 3.57. The van der Waals surface area contributed by atoms with Crippen molar-refractivity contribution in [1.82, 2.24) is 10.1 Å². The van der Waals surface area contributed by atoms with Crippen LogP contribution in [0.1, 0.15) is 23.6 Å². The fraction of sp³-hybridized carbons (Fsp3) is 0.222. The number of aromatic nitrogens is 2. The number of rotatable bonds is 6. The molecule has 7 heteroatoms. The SMILES string of the molecule is COc1ccccc1-c1noc(CSC(C)c2c(F)cccc2F)n1. The normalized spacial score (nSPS) is 12.2. The molecule has 1 unspecified atom stereocenters. The minimum atomic E-state index is -0.555. The number of ether oxygens (including phenoxy) is 1. The largest absolute Gasteiger partial charge is 0.496 e. The molecule has 25 heavy (non-hydrogen) atoms. The van der Waals surface area contributed by atoms with E-state index in [-0.39, 0.29) is 10.8 Å². The molecule has 0 aliphatic heterocycles. The van der Waals surface area contributed by atoms with Gasteiger partial charge in [0.2, 0.25) is 11.7 Å². The van der Waals surface area contributed by atoms with Crippen LogP contribution >= 0.6 is 11.8 Å². The second kappa shape index (κ2) is 7.65. The van der Waals surface area contributed by atoms with E-state index >= 15 is 0 Å². The van der Waals surface area contributed by atoms with Crippen LogP contribution in [0.15, 0.2) is 47.0 Å². The Balaban J connectivity index is 1.72. The van der Waals surface area contributed by atoms with Gasteiger partial charge in [-0.3, -0.25) is 0 Å². The van der Waals surface area contributed by atoms with Crippen molar-refractivity contribution >= 4 is 11.8 Å². The van der Waals surface area contributed by atoms with Crippen LogP contribution in [0.4, 0.5) is 8.78 Å². The summed E-state index contributed by atoms with van der Waals surface area (Å²) in [4.78, 5) is 4.33. The second-order valence-electron chi connectivity index (χ2n) is 5.30. The van der Waals surface area contributed by atoms with Gasteiger partial charge in [0.05, 0.1) is 18.4 Å². The smallest absolute Gasteiger partial charge is 0.236 e. The van der Waals surface area contributed by atoms with Crippen LogP contribution in [-0.2, 0) is 5.75 Å². The van der Waals surface area contributed by atoms with Crippen LogP contribution in [0, 0.1) is 11.6 Å². The molecule has 0 radical (unpaired) electrons. The van der Waals surface area contributed by atoms with Crippen LogP contribution < -0.4 is 4.74 Å². The summed E-state index contributed by atoms with van der Waals surface area (Å²) >= 11 is 1.32. The lowest BCUT2D eigenvalue weighted by Gasteiger charge is -2.12. The van der Waals surface area contributed by atoms with Crippen LogP contribution in [0.3, 0.4) is 0 Å². The molecule has 0 saturated heterocycles. The van der Waals surface area contributed by atoms with E-state index in [0.29, 0.717) is 23.2 Å². The quantitative estimate of drug-likeness (QED) is 0.616. The van der Waals surface area contributed by atoms with E-state index in [1.54, 1.807) is 14.0 Å². The van der Waals surface area contributed by atoms with Crippen molar-refractivity contribution in [1.29, 1.82) is 0 Å². The van der Waals surface area contributed by atoms with Crippen molar-refractivity contribution in [3.05, 3.63) is 65.6 Å². The minimum absolute atomic E-state index is 0.0527. The van der Waals surface area contributed by atoms with E-state index in [9.17, 15) is 8.78 Å². The number of thioether (sulfide) groups is 1. The standard InChI is InChI=1S/C18H16F2N2O2S/c1-11(17-13(19)7-5-8-14(17)20)25-10-16-21-18(22-24-16)12-6-3-4-9-15(12)23-2/h3-9,11H,10H2,1-2H3. The number of para-hydroxylation sites is 1. The van der Waals surface area contributed by atoms with Gasteiger partial charge in [0.1, 0.15) is 17.4 Å². The monoisotopic (exact) mass is 362 g/mol. The van der Waals surface area contributed by atoms with Crippen molar-refractivity contribution < 1.29 is 18.0 Å². The van der Waals surface area contributed by atoms with E-state index in [0.717, 1.165) is 5.56 Å². The van der Waals surface area contributed by atoms with Gasteiger partial charge in [0.15, 0.2) is 0 Å². The lowest BCUT2D eigenvalue weighted by atomic mass is 10.1. The van der Waals surface area contributed by atoms with Crippen molar-refractivity contribution in [3.63, 3.8) is 0 Å². The number of methoxy groups -OCH3 is 1. The summed E-state index contributed by atoms with van der Waals surface area (Å²) in [7, 11) is 1.57. The van der Waals surface area contributed by atoms with Gasteiger partial charge in [-0.15, -0.1) is 11.8 Å². The molecule has 0 N–H and O–H groups in total. The molecule has 0 aliphatic carbocycles. The Morgan fingerprint density at radius 1 is 1.12 bits per heavy atom. The highest BCUT2D eigenvalue weighted by Crippen LogP contribution is 2.34. The molecule has 1 heterocycles. The third kappa shape index (κ3) is 3.82. The summed E-state index contributed by atoms with van der Waals surface area (Å²) in [6.45, 7) is 1.74. The first-order chi connectivity index (χ1) is 12.1. The maximum absolute atomic E-state index is 13.8. The van der Waals surface area contributed by atoms with Gasteiger partial charge in [-0.1, -0.05) is 23.4 Å². The molecule has 130 valence electrons. The number of hydrogen-bond donors (Lipinski definition) is 0. The highest BCUT2D eigenvalue weighted by Gasteiger charge is 2.18. The molecule has 1 atom stereocenters. The number of nitrogens with zero attached hydrogens (tertiary/aromatic N) is 2. The Morgan fingerprint density at radius 2 is 1.84 bits per heavy atom. The predicted molar refractivity (Wildman–Crippen MR) is 92.4 cm³/mol.